The second-order valence-electron chi connectivity index (χ2n) is 5.60. The van der Waals surface area contributed by atoms with Crippen LogP contribution in [0.4, 0.5) is 11.5 Å². The quantitative estimate of drug-likeness (QED) is 0.573. The van der Waals surface area contributed by atoms with Gasteiger partial charge in [0.1, 0.15) is 17.2 Å². The lowest BCUT2D eigenvalue weighted by Crippen LogP contribution is -1.97. The Hall–Kier alpha value is -3.07. The van der Waals surface area contributed by atoms with Crippen molar-refractivity contribution in [2.75, 3.05) is 5.32 Å². The average Bonchev–Trinajstić information content (AvgIpc) is 2.95. The molecule has 0 atom stereocenters. The predicted octanol–water partition coefficient (Wildman–Crippen LogP) is 5.05. The van der Waals surface area contributed by atoms with E-state index >= 15 is 0 Å². The summed E-state index contributed by atoms with van der Waals surface area (Å²) < 4.78 is 2.12. The zero-order valence-electron chi connectivity index (χ0n) is 12.9. The van der Waals surface area contributed by atoms with E-state index in [0.29, 0.717) is 0 Å². The number of fused-ring (bicyclic) bond motifs is 1. The minimum Gasteiger partial charge on any atom is -0.339 e. The van der Waals surface area contributed by atoms with E-state index in [-0.39, 0.29) is 0 Å². The molecule has 0 aliphatic carbocycles. The van der Waals surface area contributed by atoms with Gasteiger partial charge in [-0.3, -0.25) is 4.40 Å². The summed E-state index contributed by atoms with van der Waals surface area (Å²) in [6.45, 7) is 2.09. The van der Waals surface area contributed by atoms with E-state index in [2.05, 4.69) is 59.2 Å². The number of anilines is 2. The second kappa shape index (κ2) is 5.61. The molecule has 2 heterocycles. The lowest BCUT2D eigenvalue weighted by atomic mass is 10.1. The minimum atomic E-state index is 0.938. The van der Waals surface area contributed by atoms with Gasteiger partial charge < -0.3 is 5.32 Å². The zero-order chi connectivity index (χ0) is 15.6. The fourth-order valence-corrected chi connectivity index (χ4v) is 2.73. The molecule has 0 fully saturated rings. The van der Waals surface area contributed by atoms with Crippen LogP contribution in [0.2, 0.25) is 0 Å². The fourth-order valence-electron chi connectivity index (χ4n) is 2.73. The molecule has 2 aromatic carbocycles. The number of benzene rings is 2. The summed E-state index contributed by atoms with van der Waals surface area (Å²) in [5.41, 5.74) is 5.25. The van der Waals surface area contributed by atoms with Gasteiger partial charge in [-0.2, -0.15) is 0 Å². The van der Waals surface area contributed by atoms with E-state index in [9.17, 15) is 0 Å². The number of pyridine rings is 1. The van der Waals surface area contributed by atoms with Crippen LogP contribution in [0.3, 0.4) is 0 Å². The Balaban J connectivity index is 1.93. The highest BCUT2D eigenvalue weighted by Gasteiger charge is 2.14. The van der Waals surface area contributed by atoms with Crippen LogP contribution >= 0.6 is 0 Å². The largest absolute Gasteiger partial charge is 0.339 e. The van der Waals surface area contributed by atoms with Crippen LogP contribution in [0.15, 0.2) is 79.0 Å². The third-order valence-electron chi connectivity index (χ3n) is 3.85. The number of aromatic nitrogens is 2. The van der Waals surface area contributed by atoms with Gasteiger partial charge in [0.25, 0.3) is 0 Å². The smallest absolute Gasteiger partial charge is 0.143 e. The lowest BCUT2D eigenvalue weighted by molar-refractivity contribution is 1.16. The van der Waals surface area contributed by atoms with E-state index in [1.165, 1.54) is 5.56 Å². The standard InChI is InChI=1S/C20H17N3/c1-15-12-13-18-22-19(16-8-4-2-5-9-16)20(23(18)14-15)21-17-10-6-3-7-11-17/h2-14,21H,1H3. The molecule has 0 saturated heterocycles. The Morgan fingerprint density at radius 3 is 2.26 bits per heavy atom. The van der Waals surface area contributed by atoms with Gasteiger partial charge in [-0.25, -0.2) is 4.98 Å². The number of nitrogens with zero attached hydrogens (tertiary/aromatic N) is 2. The molecule has 3 heteroatoms. The SMILES string of the molecule is Cc1ccc2nc(-c3ccccc3)c(Nc3ccccc3)n2c1. The lowest BCUT2D eigenvalue weighted by Gasteiger charge is -2.09. The maximum atomic E-state index is 4.82. The first-order valence-electron chi connectivity index (χ1n) is 7.67. The van der Waals surface area contributed by atoms with Gasteiger partial charge >= 0.3 is 0 Å². The Kier molecular flexibility index (Phi) is 3.31. The Bertz CT molecular complexity index is 941. The van der Waals surface area contributed by atoms with E-state index in [4.69, 9.17) is 4.98 Å². The van der Waals surface area contributed by atoms with Crippen LogP contribution in [-0.2, 0) is 0 Å². The third-order valence-corrected chi connectivity index (χ3v) is 3.85. The number of hydrogen-bond donors (Lipinski definition) is 1. The van der Waals surface area contributed by atoms with Crippen LogP contribution < -0.4 is 5.32 Å². The van der Waals surface area contributed by atoms with Crippen LogP contribution in [0.25, 0.3) is 16.9 Å². The molecule has 0 bridgehead atoms. The fraction of sp³-hybridized carbons (Fsp3) is 0.0500. The number of hydrogen-bond acceptors (Lipinski definition) is 2. The average molecular weight is 299 g/mol. The first-order chi connectivity index (χ1) is 11.3. The van der Waals surface area contributed by atoms with Crippen molar-refractivity contribution < 1.29 is 0 Å². The highest BCUT2D eigenvalue weighted by atomic mass is 15.1. The first kappa shape index (κ1) is 13.6. The Morgan fingerprint density at radius 1 is 0.826 bits per heavy atom. The summed E-state index contributed by atoms with van der Waals surface area (Å²) in [6.07, 6.45) is 2.11. The van der Waals surface area contributed by atoms with Gasteiger partial charge in [-0.1, -0.05) is 54.6 Å². The van der Waals surface area contributed by atoms with E-state index in [1.54, 1.807) is 0 Å². The van der Waals surface area contributed by atoms with Crippen LogP contribution in [-0.4, -0.2) is 9.38 Å². The summed E-state index contributed by atoms with van der Waals surface area (Å²) in [5, 5.41) is 3.52. The van der Waals surface area contributed by atoms with Gasteiger partial charge in [0.05, 0.1) is 0 Å². The second-order valence-corrected chi connectivity index (χ2v) is 5.60. The predicted molar refractivity (Wildman–Crippen MR) is 95.1 cm³/mol. The molecule has 0 aliphatic heterocycles. The highest BCUT2D eigenvalue weighted by Crippen LogP contribution is 2.31. The van der Waals surface area contributed by atoms with E-state index < -0.39 is 0 Å². The Morgan fingerprint density at radius 2 is 1.52 bits per heavy atom. The molecule has 0 amide bonds. The molecule has 0 saturated carbocycles. The monoisotopic (exact) mass is 299 g/mol. The maximum Gasteiger partial charge on any atom is 0.143 e. The van der Waals surface area contributed by atoms with Crippen LogP contribution in [0.5, 0.6) is 0 Å². The van der Waals surface area contributed by atoms with Crippen molar-refractivity contribution in [1.29, 1.82) is 0 Å². The Labute approximate surface area is 135 Å². The van der Waals surface area contributed by atoms with Gasteiger partial charge in [0.15, 0.2) is 0 Å². The van der Waals surface area contributed by atoms with Gasteiger partial charge in [0, 0.05) is 17.4 Å². The molecule has 0 unspecified atom stereocenters. The van der Waals surface area contributed by atoms with Gasteiger partial charge in [-0.05, 0) is 30.7 Å². The van der Waals surface area contributed by atoms with E-state index in [1.807, 2.05) is 36.4 Å². The van der Waals surface area contributed by atoms with Crippen molar-refractivity contribution in [2.24, 2.45) is 0 Å². The number of para-hydroxylation sites is 1. The third kappa shape index (κ3) is 2.57. The van der Waals surface area contributed by atoms with Crippen molar-refractivity contribution >= 4 is 17.2 Å². The number of imidazole rings is 1. The minimum absolute atomic E-state index is 0.938. The maximum absolute atomic E-state index is 4.82. The molecule has 1 N–H and O–H groups in total. The summed E-state index contributed by atoms with van der Waals surface area (Å²) >= 11 is 0. The van der Waals surface area contributed by atoms with Crippen molar-refractivity contribution in [3.05, 3.63) is 84.6 Å². The summed E-state index contributed by atoms with van der Waals surface area (Å²) in [5.74, 6) is 0.987. The molecule has 3 nitrogen and oxygen atoms in total. The van der Waals surface area contributed by atoms with Gasteiger partial charge in [0.2, 0.25) is 0 Å². The van der Waals surface area contributed by atoms with Crippen molar-refractivity contribution in [3.8, 4) is 11.3 Å². The molecule has 2 aromatic heterocycles. The molecule has 4 aromatic rings. The van der Waals surface area contributed by atoms with Crippen molar-refractivity contribution in [2.45, 2.75) is 6.92 Å². The molecule has 0 spiro atoms. The summed E-state index contributed by atoms with van der Waals surface area (Å²) in [4.78, 5) is 4.82. The summed E-state index contributed by atoms with van der Waals surface area (Å²) in [6, 6.07) is 24.6. The van der Waals surface area contributed by atoms with Crippen molar-refractivity contribution in [1.82, 2.24) is 9.38 Å². The number of aryl methyl sites for hydroxylation is 1. The highest BCUT2D eigenvalue weighted by molar-refractivity contribution is 5.79. The van der Waals surface area contributed by atoms with Gasteiger partial charge in [-0.15, -0.1) is 0 Å². The topological polar surface area (TPSA) is 29.3 Å². The molecule has 0 radical (unpaired) electrons. The molecule has 112 valence electrons. The normalized spacial score (nSPS) is 10.8. The van der Waals surface area contributed by atoms with E-state index in [0.717, 1.165) is 28.4 Å². The molecule has 0 aliphatic rings. The molecule has 4 rings (SSSR count). The number of rotatable bonds is 3. The molecule has 23 heavy (non-hydrogen) atoms. The number of nitrogens with one attached hydrogen (secondary N) is 1. The molecular weight excluding hydrogens is 282 g/mol. The zero-order valence-corrected chi connectivity index (χ0v) is 12.9. The van der Waals surface area contributed by atoms with Crippen molar-refractivity contribution in [3.63, 3.8) is 0 Å². The molecular formula is C20H17N3. The first-order valence-corrected chi connectivity index (χ1v) is 7.67. The summed E-state index contributed by atoms with van der Waals surface area (Å²) in [7, 11) is 0. The van der Waals surface area contributed by atoms with Crippen LogP contribution in [0.1, 0.15) is 5.56 Å². The van der Waals surface area contributed by atoms with Crippen LogP contribution in [0, 0.1) is 6.92 Å².